The highest BCUT2D eigenvalue weighted by Crippen LogP contribution is 2.40. The van der Waals surface area contributed by atoms with Gasteiger partial charge < -0.3 is 5.32 Å². The standard InChI is InChI=1S/C13H17NO/c1-4-13(2,3)11-9-7-5-6-8-10(9)12(15)14-11/h5-8,11H,4H2,1-3H3,(H,14,15)/t11-/m1/s1. The molecule has 0 saturated carbocycles. The Morgan fingerprint density at radius 2 is 2.00 bits per heavy atom. The quantitative estimate of drug-likeness (QED) is 0.786. The highest BCUT2D eigenvalue weighted by atomic mass is 16.2. The third-order valence-corrected chi connectivity index (χ3v) is 3.48. The zero-order valence-electron chi connectivity index (χ0n) is 9.50. The van der Waals surface area contributed by atoms with Crippen LogP contribution in [0.3, 0.4) is 0 Å². The summed E-state index contributed by atoms with van der Waals surface area (Å²) in [5.41, 5.74) is 2.10. The maximum Gasteiger partial charge on any atom is 0.252 e. The Morgan fingerprint density at radius 1 is 1.33 bits per heavy atom. The summed E-state index contributed by atoms with van der Waals surface area (Å²) in [6.45, 7) is 6.55. The lowest BCUT2D eigenvalue weighted by Gasteiger charge is -2.30. The summed E-state index contributed by atoms with van der Waals surface area (Å²) in [4.78, 5) is 11.7. The second-order valence-electron chi connectivity index (χ2n) is 4.84. The van der Waals surface area contributed by atoms with E-state index < -0.39 is 0 Å². The molecule has 0 unspecified atom stereocenters. The van der Waals surface area contributed by atoms with E-state index in [1.165, 1.54) is 0 Å². The van der Waals surface area contributed by atoms with E-state index in [9.17, 15) is 4.79 Å². The summed E-state index contributed by atoms with van der Waals surface area (Å²) < 4.78 is 0. The Hall–Kier alpha value is -1.31. The molecule has 0 aromatic heterocycles. The number of hydrogen-bond donors (Lipinski definition) is 1. The van der Waals surface area contributed by atoms with Crippen LogP contribution in [-0.4, -0.2) is 5.91 Å². The van der Waals surface area contributed by atoms with E-state index in [-0.39, 0.29) is 17.4 Å². The highest BCUT2D eigenvalue weighted by Gasteiger charge is 2.37. The Balaban J connectivity index is 2.45. The van der Waals surface area contributed by atoms with E-state index in [1.54, 1.807) is 0 Å². The van der Waals surface area contributed by atoms with Gasteiger partial charge in [-0.1, -0.05) is 39.0 Å². The predicted octanol–water partition coefficient (Wildman–Crippen LogP) is 2.91. The van der Waals surface area contributed by atoms with Crippen LogP contribution in [0, 0.1) is 5.41 Å². The van der Waals surface area contributed by atoms with Crippen LogP contribution in [0.1, 0.15) is 49.2 Å². The molecule has 2 nitrogen and oxygen atoms in total. The van der Waals surface area contributed by atoms with Crippen molar-refractivity contribution in [3.8, 4) is 0 Å². The van der Waals surface area contributed by atoms with Gasteiger partial charge in [0.2, 0.25) is 0 Å². The molecule has 0 saturated heterocycles. The second-order valence-corrected chi connectivity index (χ2v) is 4.84. The fourth-order valence-corrected chi connectivity index (χ4v) is 2.06. The van der Waals surface area contributed by atoms with Crippen molar-refractivity contribution in [2.45, 2.75) is 33.2 Å². The van der Waals surface area contributed by atoms with Gasteiger partial charge in [0.15, 0.2) is 0 Å². The van der Waals surface area contributed by atoms with Crippen LogP contribution in [0.25, 0.3) is 0 Å². The number of carbonyl (C=O) groups is 1. The van der Waals surface area contributed by atoms with E-state index in [1.807, 2.05) is 18.2 Å². The lowest BCUT2D eigenvalue weighted by Crippen LogP contribution is -2.31. The number of nitrogens with one attached hydrogen (secondary N) is 1. The third-order valence-electron chi connectivity index (χ3n) is 3.48. The fourth-order valence-electron chi connectivity index (χ4n) is 2.06. The molecule has 1 aromatic carbocycles. The normalized spacial score (nSPS) is 19.9. The number of benzene rings is 1. The minimum Gasteiger partial charge on any atom is -0.345 e. The maximum absolute atomic E-state index is 11.7. The van der Waals surface area contributed by atoms with E-state index in [4.69, 9.17) is 0 Å². The van der Waals surface area contributed by atoms with Crippen molar-refractivity contribution in [1.29, 1.82) is 0 Å². The van der Waals surface area contributed by atoms with Gasteiger partial charge in [-0.25, -0.2) is 0 Å². The van der Waals surface area contributed by atoms with E-state index in [0.717, 1.165) is 17.5 Å². The topological polar surface area (TPSA) is 29.1 Å². The molecule has 2 heteroatoms. The zero-order valence-corrected chi connectivity index (χ0v) is 9.50. The summed E-state index contributed by atoms with van der Waals surface area (Å²) in [5.74, 6) is 0.0668. The SMILES string of the molecule is CCC(C)(C)[C@@H]1NC(=O)c2ccccc21. The fraction of sp³-hybridized carbons (Fsp3) is 0.462. The average molecular weight is 203 g/mol. The molecule has 15 heavy (non-hydrogen) atoms. The lowest BCUT2D eigenvalue weighted by molar-refractivity contribution is 0.0926. The van der Waals surface area contributed by atoms with E-state index in [0.29, 0.717) is 0 Å². The molecule has 0 aliphatic carbocycles. The van der Waals surface area contributed by atoms with Crippen molar-refractivity contribution in [1.82, 2.24) is 5.32 Å². The second kappa shape index (κ2) is 3.37. The Bertz CT molecular complexity index is 395. The molecule has 1 aromatic rings. The minimum atomic E-state index is 0.0668. The van der Waals surface area contributed by atoms with Crippen LogP contribution in [-0.2, 0) is 0 Å². The molecule has 1 amide bonds. The number of fused-ring (bicyclic) bond motifs is 1. The Kier molecular flexibility index (Phi) is 2.29. The first-order chi connectivity index (χ1) is 7.06. The minimum absolute atomic E-state index is 0.0668. The first-order valence-electron chi connectivity index (χ1n) is 5.46. The average Bonchev–Trinajstić information content (AvgIpc) is 2.58. The molecule has 0 radical (unpaired) electrons. The predicted molar refractivity (Wildman–Crippen MR) is 60.7 cm³/mol. The molecular weight excluding hydrogens is 186 g/mol. The van der Waals surface area contributed by atoms with Crippen molar-refractivity contribution in [2.75, 3.05) is 0 Å². The lowest BCUT2D eigenvalue weighted by atomic mass is 9.79. The molecule has 0 bridgehead atoms. The summed E-state index contributed by atoms with van der Waals surface area (Å²) in [6.07, 6.45) is 1.05. The summed E-state index contributed by atoms with van der Waals surface area (Å²) in [5, 5.41) is 3.07. The zero-order chi connectivity index (χ0) is 11.1. The van der Waals surface area contributed by atoms with Crippen molar-refractivity contribution in [3.63, 3.8) is 0 Å². The molecule has 0 spiro atoms. The summed E-state index contributed by atoms with van der Waals surface area (Å²) in [7, 11) is 0. The van der Waals surface area contributed by atoms with Gasteiger partial charge in [0.1, 0.15) is 0 Å². The van der Waals surface area contributed by atoms with Crippen LogP contribution in [0.15, 0.2) is 24.3 Å². The molecule has 80 valence electrons. The van der Waals surface area contributed by atoms with Crippen LogP contribution >= 0.6 is 0 Å². The number of hydrogen-bond acceptors (Lipinski definition) is 1. The summed E-state index contributed by atoms with van der Waals surface area (Å²) in [6, 6.07) is 8.02. The number of rotatable bonds is 2. The molecule has 1 aliphatic heterocycles. The first kappa shape index (κ1) is 10.2. The van der Waals surface area contributed by atoms with Crippen molar-refractivity contribution < 1.29 is 4.79 Å². The van der Waals surface area contributed by atoms with Crippen LogP contribution < -0.4 is 5.32 Å². The van der Waals surface area contributed by atoms with Gasteiger partial charge in [0.05, 0.1) is 6.04 Å². The molecule has 1 N–H and O–H groups in total. The molecule has 2 rings (SSSR count). The first-order valence-corrected chi connectivity index (χ1v) is 5.46. The molecule has 1 atom stereocenters. The third kappa shape index (κ3) is 1.54. The van der Waals surface area contributed by atoms with Crippen molar-refractivity contribution in [3.05, 3.63) is 35.4 Å². The van der Waals surface area contributed by atoms with Gasteiger partial charge in [0.25, 0.3) is 5.91 Å². The van der Waals surface area contributed by atoms with Crippen LogP contribution in [0.4, 0.5) is 0 Å². The molecule has 1 heterocycles. The van der Waals surface area contributed by atoms with Crippen LogP contribution in [0.2, 0.25) is 0 Å². The number of carbonyl (C=O) groups excluding carboxylic acids is 1. The maximum atomic E-state index is 11.7. The Morgan fingerprint density at radius 3 is 2.67 bits per heavy atom. The molecule has 1 aliphatic rings. The van der Waals surface area contributed by atoms with Gasteiger partial charge in [-0.15, -0.1) is 0 Å². The highest BCUT2D eigenvalue weighted by molar-refractivity contribution is 5.99. The van der Waals surface area contributed by atoms with E-state index in [2.05, 4.69) is 32.2 Å². The van der Waals surface area contributed by atoms with Gasteiger partial charge in [-0.3, -0.25) is 4.79 Å². The van der Waals surface area contributed by atoms with Gasteiger partial charge in [0, 0.05) is 5.56 Å². The van der Waals surface area contributed by atoms with E-state index >= 15 is 0 Å². The van der Waals surface area contributed by atoms with Crippen molar-refractivity contribution in [2.24, 2.45) is 5.41 Å². The van der Waals surface area contributed by atoms with Gasteiger partial charge >= 0.3 is 0 Å². The van der Waals surface area contributed by atoms with Gasteiger partial charge in [-0.2, -0.15) is 0 Å². The smallest absolute Gasteiger partial charge is 0.252 e. The monoisotopic (exact) mass is 203 g/mol. The summed E-state index contributed by atoms with van der Waals surface area (Å²) >= 11 is 0. The van der Waals surface area contributed by atoms with Crippen molar-refractivity contribution >= 4 is 5.91 Å². The van der Waals surface area contributed by atoms with Gasteiger partial charge in [-0.05, 0) is 23.5 Å². The number of amides is 1. The molecule has 0 fully saturated rings. The van der Waals surface area contributed by atoms with Crippen LogP contribution in [0.5, 0.6) is 0 Å². The Labute approximate surface area is 90.7 Å². The molecular formula is C13H17NO. The largest absolute Gasteiger partial charge is 0.345 e.